The third-order valence-corrected chi connectivity index (χ3v) is 5.21. The molecule has 1 heterocycles. The van der Waals surface area contributed by atoms with E-state index in [0.717, 1.165) is 36.8 Å². The minimum Gasteiger partial charge on any atom is -0.468 e. The number of carbonyl (C=O) groups excluding carboxylic acids is 1. The Morgan fingerprint density at radius 2 is 2.24 bits per heavy atom. The monoisotopic (exact) mass is 312 g/mol. The van der Waals surface area contributed by atoms with Crippen LogP contribution in [0.1, 0.15) is 32.0 Å². The second-order valence-electron chi connectivity index (χ2n) is 5.54. The van der Waals surface area contributed by atoms with E-state index in [1.807, 2.05) is 18.5 Å². The highest BCUT2D eigenvalue weighted by Gasteiger charge is 2.51. The molecule has 0 saturated heterocycles. The number of aryl methyl sites for hydroxylation is 1. The molecule has 7 heteroatoms. The van der Waals surface area contributed by atoms with Gasteiger partial charge in [0.25, 0.3) is 0 Å². The Morgan fingerprint density at radius 3 is 2.71 bits per heavy atom. The summed E-state index contributed by atoms with van der Waals surface area (Å²) < 4.78 is 7.02. The lowest BCUT2D eigenvalue weighted by Crippen LogP contribution is -2.57. The lowest BCUT2D eigenvalue weighted by Gasteiger charge is -2.31. The second kappa shape index (κ2) is 6.79. The number of carbonyl (C=O) groups is 1. The van der Waals surface area contributed by atoms with Crippen LogP contribution in [0.4, 0.5) is 0 Å². The molecule has 1 aliphatic rings. The third-order valence-electron chi connectivity index (χ3n) is 4.00. The second-order valence-corrected chi connectivity index (χ2v) is 6.48. The van der Waals surface area contributed by atoms with Gasteiger partial charge in [-0.1, -0.05) is 18.7 Å². The molecule has 1 unspecified atom stereocenters. The summed E-state index contributed by atoms with van der Waals surface area (Å²) in [5, 5.41) is 12.5. The molecule has 21 heavy (non-hydrogen) atoms. The van der Waals surface area contributed by atoms with Gasteiger partial charge in [-0.2, -0.15) is 0 Å². The van der Waals surface area contributed by atoms with E-state index in [2.05, 4.69) is 22.4 Å². The quantitative estimate of drug-likeness (QED) is 0.580. The SMILES string of the molecule is CCCNC(CSc1nnc(C)n1C)(C(=O)OC)C1CC1. The summed E-state index contributed by atoms with van der Waals surface area (Å²) in [6.07, 6.45) is 3.13. The van der Waals surface area contributed by atoms with Crippen LogP contribution in [0.25, 0.3) is 0 Å². The van der Waals surface area contributed by atoms with Crippen molar-refractivity contribution in [3.05, 3.63) is 5.82 Å². The fraction of sp³-hybridized carbons (Fsp3) is 0.786. The summed E-state index contributed by atoms with van der Waals surface area (Å²) >= 11 is 1.56. The molecule has 118 valence electrons. The van der Waals surface area contributed by atoms with Crippen molar-refractivity contribution < 1.29 is 9.53 Å². The van der Waals surface area contributed by atoms with Gasteiger partial charge in [0.05, 0.1) is 7.11 Å². The zero-order valence-electron chi connectivity index (χ0n) is 13.2. The molecule has 0 amide bonds. The number of rotatable bonds is 8. The average molecular weight is 312 g/mol. The predicted octanol–water partition coefficient (Wildman–Crippen LogP) is 1.54. The zero-order valence-corrected chi connectivity index (χ0v) is 14.0. The Hall–Kier alpha value is -1.08. The normalized spacial score (nSPS) is 17.5. The van der Waals surface area contributed by atoms with Gasteiger partial charge in [-0.25, -0.2) is 0 Å². The Balaban J connectivity index is 2.14. The first kappa shape index (κ1) is 16.3. The van der Waals surface area contributed by atoms with Crippen molar-refractivity contribution in [3.63, 3.8) is 0 Å². The van der Waals surface area contributed by atoms with E-state index in [0.29, 0.717) is 11.7 Å². The molecule has 1 aromatic heterocycles. The van der Waals surface area contributed by atoms with Gasteiger partial charge in [0.2, 0.25) is 0 Å². The van der Waals surface area contributed by atoms with Crippen LogP contribution in [0, 0.1) is 12.8 Å². The fourth-order valence-corrected chi connectivity index (χ4v) is 3.65. The Labute approximate surface area is 130 Å². The smallest absolute Gasteiger partial charge is 0.327 e. The summed E-state index contributed by atoms with van der Waals surface area (Å²) in [7, 11) is 3.40. The van der Waals surface area contributed by atoms with Crippen molar-refractivity contribution in [2.75, 3.05) is 19.4 Å². The minimum atomic E-state index is -0.602. The number of ether oxygens (including phenoxy) is 1. The van der Waals surface area contributed by atoms with E-state index in [1.54, 1.807) is 11.8 Å². The number of aromatic nitrogens is 3. The van der Waals surface area contributed by atoms with Crippen LogP contribution >= 0.6 is 11.8 Å². The topological polar surface area (TPSA) is 69.0 Å². The summed E-state index contributed by atoms with van der Waals surface area (Å²) in [6.45, 7) is 4.83. The number of esters is 1. The standard InChI is InChI=1S/C14H24N4O2S/c1-5-8-15-14(11-6-7-11,12(19)20-4)9-21-13-17-16-10(2)18(13)3/h11,15H,5-9H2,1-4H3. The Bertz CT molecular complexity index is 501. The van der Waals surface area contributed by atoms with Gasteiger partial charge in [-0.15, -0.1) is 10.2 Å². The van der Waals surface area contributed by atoms with Gasteiger partial charge in [0.15, 0.2) is 5.16 Å². The number of hydrogen-bond acceptors (Lipinski definition) is 6. The van der Waals surface area contributed by atoms with Crippen LogP contribution < -0.4 is 5.32 Å². The van der Waals surface area contributed by atoms with Gasteiger partial charge < -0.3 is 14.6 Å². The van der Waals surface area contributed by atoms with Crippen molar-refractivity contribution in [1.29, 1.82) is 0 Å². The molecule has 1 atom stereocenters. The van der Waals surface area contributed by atoms with E-state index in [4.69, 9.17) is 4.74 Å². The fourth-order valence-electron chi connectivity index (χ4n) is 2.41. The molecule has 0 aliphatic heterocycles. The van der Waals surface area contributed by atoms with Crippen LogP contribution in [0.2, 0.25) is 0 Å². The van der Waals surface area contributed by atoms with E-state index in [9.17, 15) is 4.79 Å². The average Bonchev–Trinajstić information content (AvgIpc) is 3.29. The van der Waals surface area contributed by atoms with Crippen LogP contribution in [-0.4, -0.2) is 45.7 Å². The molecule has 1 fully saturated rings. The predicted molar refractivity (Wildman–Crippen MR) is 82.2 cm³/mol. The Kier molecular flexibility index (Phi) is 5.27. The summed E-state index contributed by atoms with van der Waals surface area (Å²) in [4.78, 5) is 12.4. The molecule has 0 spiro atoms. The van der Waals surface area contributed by atoms with Crippen LogP contribution in [-0.2, 0) is 16.6 Å². The van der Waals surface area contributed by atoms with Gasteiger partial charge >= 0.3 is 5.97 Å². The van der Waals surface area contributed by atoms with E-state index < -0.39 is 5.54 Å². The lowest BCUT2D eigenvalue weighted by molar-refractivity contribution is -0.148. The zero-order chi connectivity index (χ0) is 15.5. The largest absolute Gasteiger partial charge is 0.468 e. The molecule has 1 aliphatic carbocycles. The van der Waals surface area contributed by atoms with E-state index in [1.165, 1.54) is 7.11 Å². The number of nitrogens with zero attached hydrogens (tertiary/aromatic N) is 3. The molecule has 6 nitrogen and oxygen atoms in total. The molecular formula is C14H24N4O2S. The van der Waals surface area contributed by atoms with Crippen LogP contribution in [0.15, 0.2) is 5.16 Å². The molecular weight excluding hydrogens is 288 g/mol. The number of thioether (sulfide) groups is 1. The first-order valence-electron chi connectivity index (χ1n) is 7.37. The van der Waals surface area contributed by atoms with Crippen molar-refractivity contribution in [1.82, 2.24) is 20.1 Å². The van der Waals surface area contributed by atoms with Crippen molar-refractivity contribution in [3.8, 4) is 0 Å². The van der Waals surface area contributed by atoms with Gasteiger partial charge in [-0.05, 0) is 38.6 Å². The Morgan fingerprint density at radius 1 is 1.52 bits per heavy atom. The minimum absolute atomic E-state index is 0.162. The summed E-state index contributed by atoms with van der Waals surface area (Å²) in [6, 6.07) is 0. The van der Waals surface area contributed by atoms with Crippen LogP contribution in [0.5, 0.6) is 0 Å². The first-order chi connectivity index (χ1) is 10.0. The van der Waals surface area contributed by atoms with E-state index in [-0.39, 0.29) is 5.97 Å². The van der Waals surface area contributed by atoms with Crippen LogP contribution in [0.3, 0.4) is 0 Å². The number of methoxy groups -OCH3 is 1. The molecule has 1 saturated carbocycles. The molecule has 0 aromatic carbocycles. The lowest BCUT2D eigenvalue weighted by atomic mass is 9.95. The summed E-state index contributed by atoms with van der Waals surface area (Å²) in [5.41, 5.74) is -0.602. The maximum atomic E-state index is 12.4. The summed E-state index contributed by atoms with van der Waals surface area (Å²) in [5.74, 6) is 1.69. The molecule has 0 radical (unpaired) electrons. The molecule has 1 aromatic rings. The molecule has 1 N–H and O–H groups in total. The molecule has 0 bridgehead atoms. The first-order valence-corrected chi connectivity index (χ1v) is 8.36. The highest BCUT2D eigenvalue weighted by molar-refractivity contribution is 7.99. The van der Waals surface area contributed by atoms with Gasteiger partial charge in [-0.3, -0.25) is 4.79 Å². The number of nitrogens with one attached hydrogen (secondary N) is 1. The maximum Gasteiger partial charge on any atom is 0.327 e. The van der Waals surface area contributed by atoms with Crippen molar-refractivity contribution >= 4 is 17.7 Å². The van der Waals surface area contributed by atoms with Gasteiger partial charge in [0.1, 0.15) is 11.4 Å². The van der Waals surface area contributed by atoms with Crippen molar-refractivity contribution in [2.24, 2.45) is 13.0 Å². The molecule has 2 rings (SSSR count). The van der Waals surface area contributed by atoms with Gasteiger partial charge in [0, 0.05) is 12.8 Å². The highest BCUT2D eigenvalue weighted by atomic mass is 32.2. The highest BCUT2D eigenvalue weighted by Crippen LogP contribution is 2.43. The van der Waals surface area contributed by atoms with Crippen molar-refractivity contribution in [2.45, 2.75) is 43.8 Å². The number of hydrogen-bond donors (Lipinski definition) is 1. The third kappa shape index (κ3) is 3.40. The maximum absolute atomic E-state index is 12.4. The van der Waals surface area contributed by atoms with E-state index >= 15 is 0 Å².